The lowest BCUT2D eigenvalue weighted by atomic mass is 9.95. The Hall–Kier alpha value is -0.730. The van der Waals surface area contributed by atoms with Gasteiger partial charge in [-0.05, 0) is 32.9 Å². The van der Waals surface area contributed by atoms with Crippen molar-refractivity contribution in [3.63, 3.8) is 0 Å². The van der Waals surface area contributed by atoms with Crippen molar-refractivity contribution < 1.29 is 0 Å². The maximum atomic E-state index is 6.29. The Morgan fingerprint density at radius 3 is 2.69 bits per heavy atom. The highest BCUT2D eigenvalue weighted by Gasteiger charge is 2.34. The Bertz CT molecular complexity index is 376. The smallest absolute Gasteiger partial charge is 0.0639 e. The average molecular weight is 239 g/mol. The molecule has 1 saturated heterocycles. The molecule has 0 aromatic heterocycles. The normalized spacial score (nSPS) is 24.5. The summed E-state index contributed by atoms with van der Waals surface area (Å²) in [5.74, 6) is 0. The second-order valence-electron chi connectivity index (χ2n) is 5.11. The summed E-state index contributed by atoms with van der Waals surface area (Å²) in [6.07, 6.45) is 0. The summed E-state index contributed by atoms with van der Waals surface area (Å²) in [5, 5.41) is 4.30. The van der Waals surface area contributed by atoms with Crippen LogP contribution in [0.25, 0.3) is 0 Å². The van der Waals surface area contributed by atoms with E-state index in [0.29, 0.717) is 6.04 Å². The Labute approximate surface area is 103 Å². The van der Waals surface area contributed by atoms with Crippen LogP contribution in [0, 0.1) is 0 Å². The molecule has 88 valence electrons. The van der Waals surface area contributed by atoms with Gasteiger partial charge in [0.2, 0.25) is 0 Å². The molecule has 1 aromatic carbocycles. The molecule has 0 spiro atoms. The minimum Gasteiger partial charge on any atom is -0.360 e. The predicted octanol–water partition coefficient (Wildman–Crippen LogP) is 2.92. The highest BCUT2D eigenvalue weighted by molar-refractivity contribution is 6.33. The summed E-state index contributed by atoms with van der Waals surface area (Å²) in [6.45, 7) is 8.73. The number of hydrogen-bond donors (Lipinski definition) is 1. The Morgan fingerprint density at radius 2 is 2.06 bits per heavy atom. The zero-order valence-electron chi connectivity index (χ0n) is 10.1. The number of rotatable bonds is 1. The van der Waals surface area contributed by atoms with Crippen LogP contribution in [-0.4, -0.2) is 24.7 Å². The van der Waals surface area contributed by atoms with Crippen molar-refractivity contribution in [1.29, 1.82) is 0 Å². The molecule has 2 rings (SSSR count). The lowest BCUT2D eigenvalue weighted by Crippen LogP contribution is -2.62. The molecule has 0 saturated carbocycles. The van der Waals surface area contributed by atoms with Gasteiger partial charge in [-0.3, -0.25) is 0 Å². The number of hydrogen-bond acceptors (Lipinski definition) is 2. The van der Waals surface area contributed by atoms with Gasteiger partial charge in [-0.2, -0.15) is 0 Å². The fourth-order valence-corrected chi connectivity index (χ4v) is 2.80. The molecule has 3 heteroatoms. The molecule has 1 aromatic rings. The highest BCUT2D eigenvalue weighted by atomic mass is 35.5. The van der Waals surface area contributed by atoms with Gasteiger partial charge < -0.3 is 10.2 Å². The zero-order chi connectivity index (χ0) is 11.8. The largest absolute Gasteiger partial charge is 0.360 e. The van der Waals surface area contributed by atoms with Crippen LogP contribution in [0.1, 0.15) is 20.8 Å². The lowest BCUT2D eigenvalue weighted by Gasteiger charge is -2.49. The van der Waals surface area contributed by atoms with E-state index < -0.39 is 0 Å². The van der Waals surface area contributed by atoms with E-state index in [2.05, 4.69) is 37.1 Å². The van der Waals surface area contributed by atoms with Crippen LogP contribution in [0.2, 0.25) is 5.02 Å². The number of nitrogens with zero attached hydrogens (tertiary/aromatic N) is 1. The molecule has 1 aliphatic rings. The third kappa shape index (κ3) is 2.04. The standard InChI is InChI=1S/C13H19ClN2/c1-10-8-15-9-13(2,3)16(10)12-7-5-4-6-11(12)14/h4-7,10,15H,8-9H2,1-3H3. The van der Waals surface area contributed by atoms with Gasteiger partial charge in [0, 0.05) is 24.7 Å². The number of para-hydroxylation sites is 1. The summed E-state index contributed by atoms with van der Waals surface area (Å²) in [7, 11) is 0. The summed E-state index contributed by atoms with van der Waals surface area (Å²) < 4.78 is 0. The second-order valence-corrected chi connectivity index (χ2v) is 5.52. The molecule has 0 bridgehead atoms. The van der Waals surface area contributed by atoms with Gasteiger partial charge in [-0.25, -0.2) is 0 Å². The molecule has 0 amide bonds. The molecule has 1 aliphatic heterocycles. The summed E-state index contributed by atoms with van der Waals surface area (Å²) in [6, 6.07) is 8.55. The fraction of sp³-hybridized carbons (Fsp3) is 0.538. The van der Waals surface area contributed by atoms with E-state index >= 15 is 0 Å². The maximum absolute atomic E-state index is 6.29. The van der Waals surface area contributed by atoms with Crippen LogP contribution >= 0.6 is 11.6 Å². The monoisotopic (exact) mass is 238 g/mol. The van der Waals surface area contributed by atoms with Crippen LogP contribution in [-0.2, 0) is 0 Å². The van der Waals surface area contributed by atoms with E-state index in [1.54, 1.807) is 0 Å². The number of piperazine rings is 1. The SMILES string of the molecule is CC1CNCC(C)(C)N1c1ccccc1Cl. The minimum atomic E-state index is 0.0999. The third-order valence-electron chi connectivity index (χ3n) is 3.20. The number of halogens is 1. The first-order valence-electron chi connectivity index (χ1n) is 5.77. The quantitative estimate of drug-likeness (QED) is 0.810. The second kappa shape index (κ2) is 4.27. The van der Waals surface area contributed by atoms with Crippen LogP contribution in [0.3, 0.4) is 0 Å². The lowest BCUT2D eigenvalue weighted by molar-refractivity contribution is 0.334. The minimum absolute atomic E-state index is 0.0999. The predicted molar refractivity (Wildman–Crippen MR) is 70.3 cm³/mol. The van der Waals surface area contributed by atoms with Gasteiger partial charge in [-0.1, -0.05) is 23.7 Å². The van der Waals surface area contributed by atoms with Crippen LogP contribution < -0.4 is 10.2 Å². The van der Waals surface area contributed by atoms with Crippen molar-refractivity contribution in [2.75, 3.05) is 18.0 Å². The van der Waals surface area contributed by atoms with Crippen molar-refractivity contribution in [2.45, 2.75) is 32.4 Å². The van der Waals surface area contributed by atoms with Crippen molar-refractivity contribution in [1.82, 2.24) is 5.32 Å². The topological polar surface area (TPSA) is 15.3 Å². The Kier molecular flexibility index (Phi) is 3.13. The van der Waals surface area contributed by atoms with Gasteiger partial charge in [0.25, 0.3) is 0 Å². The van der Waals surface area contributed by atoms with Crippen molar-refractivity contribution >= 4 is 17.3 Å². The molecule has 16 heavy (non-hydrogen) atoms. The molecular weight excluding hydrogens is 220 g/mol. The van der Waals surface area contributed by atoms with Gasteiger partial charge in [0.15, 0.2) is 0 Å². The van der Waals surface area contributed by atoms with Crippen molar-refractivity contribution in [2.24, 2.45) is 0 Å². The first-order chi connectivity index (χ1) is 7.52. The van der Waals surface area contributed by atoms with E-state index in [9.17, 15) is 0 Å². The molecule has 1 atom stereocenters. The van der Waals surface area contributed by atoms with Gasteiger partial charge in [0.05, 0.1) is 10.7 Å². The van der Waals surface area contributed by atoms with Gasteiger partial charge >= 0.3 is 0 Å². The van der Waals surface area contributed by atoms with Gasteiger partial charge in [-0.15, -0.1) is 0 Å². The maximum Gasteiger partial charge on any atom is 0.0639 e. The molecule has 0 aliphatic carbocycles. The van der Waals surface area contributed by atoms with Crippen LogP contribution in [0.4, 0.5) is 5.69 Å². The number of anilines is 1. The Balaban J connectivity index is 2.40. The summed E-state index contributed by atoms with van der Waals surface area (Å²) >= 11 is 6.29. The van der Waals surface area contributed by atoms with Crippen LogP contribution in [0.15, 0.2) is 24.3 Å². The highest BCUT2D eigenvalue weighted by Crippen LogP contribution is 2.33. The number of benzene rings is 1. The van der Waals surface area contributed by atoms with Crippen LogP contribution in [0.5, 0.6) is 0 Å². The fourth-order valence-electron chi connectivity index (χ4n) is 2.57. The van der Waals surface area contributed by atoms with E-state index in [1.165, 1.54) is 0 Å². The molecular formula is C13H19ClN2. The molecule has 0 radical (unpaired) electrons. The first kappa shape index (κ1) is 11.7. The molecule has 1 fully saturated rings. The van der Waals surface area contributed by atoms with Gasteiger partial charge in [0.1, 0.15) is 0 Å². The summed E-state index contributed by atoms with van der Waals surface area (Å²) in [4.78, 5) is 2.42. The van der Waals surface area contributed by atoms with Crippen molar-refractivity contribution in [3.8, 4) is 0 Å². The van der Waals surface area contributed by atoms with E-state index in [1.807, 2.05) is 18.2 Å². The average Bonchev–Trinajstić information content (AvgIpc) is 2.19. The zero-order valence-corrected chi connectivity index (χ0v) is 10.9. The molecule has 1 N–H and O–H groups in total. The molecule has 1 unspecified atom stereocenters. The van der Waals surface area contributed by atoms with E-state index in [-0.39, 0.29) is 5.54 Å². The Morgan fingerprint density at radius 1 is 1.38 bits per heavy atom. The van der Waals surface area contributed by atoms with E-state index in [0.717, 1.165) is 23.8 Å². The van der Waals surface area contributed by atoms with Crippen molar-refractivity contribution in [3.05, 3.63) is 29.3 Å². The first-order valence-corrected chi connectivity index (χ1v) is 6.15. The number of nitrogens with one attached hydrogen (secondary N) is 1. The molecule has 2 nitrogen and oxygen atoms in total. The van der Waals surface area contributed by atoms with E-state index in [4.69, 9.17) is 11.6 Å². The summed E-state index contributed by atoms with van der Waals surface area (Å²) in [5.41, 5.74) is 1.24. The third-order valence-corrected chi connectivity index (χ3v) is 3.52. The molecule has 1 heterocycles.